The summed E-state index contributed by atoms with van der Waals surface area (Å²) in [5.41, 5.74) is 7.26. The summed E-state index contributed by atoms with van der Waals surface area (Å²) in [4.78, 5) is 17.3. The monoisotopic (exact) mass is 273 g/mol. The minimum atomic E-state index is 0.109. The van der Waals surface area contributed by atoms with Crippen LogP contribution in [-0.2, 0) is 4.79 Å². The van der Waals surface area contributed by atoms with Crippen molar-refractivity contribution in [3.63, 3.8) is 0 Å². The van der Waals surface area contributed by atoms with Gasteiger partial charge in [0.15, 0.2) is 0 Å². The number of amides is 1. The molecule has 0 radical (unpaired) electrons. The molecule has 5 nitrogen and oxygen atoms in total. The Morgan fingerprint density at radius 2 is 2.15 bits per heavy atom. The second kappa shape index (κ2) is 6.23. The number of rotatable bonds is 5. The van der Waals surface area contributed by atoms with Gasteiger partial charge in [-0.15, -0.1) is 0 Å². The van der Waals surface area contributed by atoms with E-state index in [-0.39, 0.29) is 5.91 Å². The molecule has 0 saturated carbocycles. The van der Waals surface area contributed by atoms with E-state index >= 15 is 0 Å². The van der Waals surface area contributed by atoms with E-state index in [2.05, 4.69) is 4.98 Å². The van der Waals surface area contributed by atoms with Crippen LogP contribution in [0.5, 0.6) is 5.75 Å². The molecule has 20 heavy (non-hydrogen) atoms. The summed E-state index contributed by atoms with van der Waals surface area (Å²) < 4.78 is 5.74. The molecule has 1 heterocycles. The van der Waals surface area contributed by atoms with Crippen LogP contribution < -0.4 is 10.5 Å². The molecule has 1 aromatic carbocycles. The Labute approximate surface area is 118 Å². The zero-order valence-corrected chi connectivity index (χ0v) is 11.8. The minimum Gasteiger partial charge on any atom is -0.493 e. The summed E-state index contributed by atoms with van der Waals surface area (Å²) in [6.45, 7) is 0.494. The summed E-state index contributed by atoms with van der Waals surface area (Å²) in [5.74, 6) is 0.858. The van der Waals surface area contributed by atoms with Crippen molar-refractivity contribution in [2.45, 2.75) is 12.8 Å². The van der Waals surface area contributed by atoms with Crippen molar-refractivity contribution in [1.82, 2.24) is 9.88 Å². The first kappa shape index (κ1) is 14.1. The fourth-order valence-corrected chi connectivity index (χ4v) is 1.92. The Morgan fingerprint density at radius 1 is 1.35 bits per heavy atom. The topological polar surface area (TPSA) is 68.5 Å². The summed E-state index contributed by atoms with van der Waals surface area (Å²) in [6.07, 6.45) is 2.87. The van der Waals surface area contributed by atoms with Gasteiger partial charge in [0, 0.05) is 32.1 Å². The van der Waals surface area contributed by atoms with Crippen LogP contribution in [0.4, 0.5) is 5.69 Å². The van der Waals surface area contributed by atoms with Crippen molar-refractivity contribution in [2.24, 2.45) is 0 Å². The number of carbonyl (C=O) groups is 1. The molecule has 0 spiro atoms. The quantitative estimate of drug-likeness (QED) is 0.669. The first-order valence-corrected chi connectivity index (χ1v) is 6.56. The maximum absolute atomic E-state index is 11.5. The third-order valence-corrected chi connectivity index (χ3v) is 3.05. The van der Waals surface area contributed by atoms with E-state index in [1.54, 1.807) is 31.3 Å². The van der Waals surface area contributed by atoms with Crippen molar-refractivity contribution >= 4 is 22.5 Å². The molecule has 0 unspecified atom stereocenters. The van der Waals surface area contributed by atoms with Gasteiger partial charge in [0.05, 0.1) is 17.8 Å². The number of benzene rings is 1. The van der Waals surface area contributed by atoms with Gasteiger partial charge in [-0.25, -0.2) is 0 Å². The molecule has 2 aromatic rings. The number of nitrogen functional groups attached to an aromatic ring is 1. The van der Waals surface area contributed by atoms with E-state index in [9.17, 15) is 4.79 Å². The number of ether oxygens (including phenoxy) is 1. The van der Waals surface area contributed by atoms with Crippen molar-refractivity contribution in [1.29, 1.82) is 0 Å². The SMILES string of the molecule is CN(C)C(=O)CCCOc1ccc(N)c2ncccc12. The predicted octanol–water partition coefficient (Wildman–Crippen LogP) is 2.06. The molecular weight excluding hydrogens is 254 g/mol. The lowest BCUT2D eigenvalue weighted by Gasteiger charge is -2.12. The van der Waals surface area contributed by atoms with Gasteiger partial charge in [0.2, 0.25) is 5.91 Å². The zero-order valence-electron chi connectivity index (χ0n) is 11.8. The first-order chi connectivity index (χ1) is 9.59. The molecule has 2 rings (SSSR count). The first-order valence-electron chi connectivity index (χ1n) is 6.56. The fraction of sp³-hybridized carbons (Fsp3) is 0.333. The van der Waals surface area contributed by atoms with Crippen LogP contribution in [0.15, 0.2) is 30.5 Å². The van der Waals surface area contributed by atoms with E-state index in [1.165, 1.54) is 0 Å². The molecule has 5 heteroatoms. The van der Waals surface area contributed by atoms with Gasteiger partial charge < -0.3 is 15.4 Å². The van der Waals surface area contributed by atoms with Crippen molar-refractivity contribution in [3.8, 4) is 5.75 Å². The van der Waals surface area contributed by atoms with E-state index in [4.69, 9.17) is 10.5 Å². The van der Waals surface area contributed by atoms with E-state index < -0.39 is 0 Å². The fourth-order valence-electron chi connectivity index (χ4n) is 1.92. The second-order valence-corrected chi connectivity index (χ2v) is 4.79. The maximum atomic E-state index is 11.5. The van der Waals surface area contributed by atoms with Crippen LogP contribution in [0, 0.1) is 0 Å². The van der Waals surface area contributed by atoms with Crippen LogP contribution in [-0.4, -0.2) is 36.5 Å². The highest BCUT2D eigenvalue weighted by atomic mass is 16.5. The van der Waals surface area contributed by atoms with Gasteiger partial charge in [-0.2, -0.15) is 0 Å². The van der Waals surface area contributed by atoms with Gasteiger partial charge in [0.25, 0.3) is 0 Å². The summed E-state index contributed by atoms with van der Waals surface area (Å²) in [6, 6.07) is 7.41. The molecule has 0 fully saturated rings. The van der Waals surface area contributed by atoms with Crippen LogP contribution in [0.1, 0.15) is 12.8 Å². The highest BCUT2D eigenvalue weighted by molar-refractivity contribution is 5.93. The molecule has 0 bridgehead atoms. The van der Waals surface area contributed by atoms with Crippen LogP contribution in [0.25, 0.3) is 10.9 Å². The average Bonchev–Trinajstić information content (AvgIpc) is 2.45. The molecule has 1 amide bonds. The highest BCUT2D eigenvalue weighted by Crippen LogP contribution is 2.28. The number of carbonyl (C=O) groups excluding carboxylic acids is 1. The van der Waals surface area contributed by atoms with Crippen LogP contribution in [0.2, 0.25) is 0 Å². The Bertz CT molecular complexity index is 611. The lowest BCUT2D eigenvalue weighted by atomic mass is 10.2. The van der Waals surface area contributed by atoms with Crippen LogP contribution >= 0.6 is 0 Å². The van der Waals surface area contributed by atoms with Gasteiger partial charge in [-0.1, -0.05) is 0 Å². The lowest BCUT2D eigenvalue weighted by molar-refractivity contribution is -0.128. The number of anilines is 1. The lowest BCUT2D eigenvalue weighted by Crippen LogP contribution is -2.21. The Morgan fingerprint density at radius 3 is 2.90 bits per heavy atom. The highest BCUT2D eigenvalue weighted by Gasteiger charge is 2.07. The third-order valence-electron chi connectivity index (χ3n) is 3.05. The van der Waals surface area contributed by atoms with E-state index in [1.807, 2.05) is 18.2 Å². The molecule has 106 valence electrons. The van der Waals surface area contributed by atoms with Gasteiger partial charge in [-0.3, -0.25) is 9.78 Å². The maximum Gasteiger partial charge on any atom is 0.222 e. The minimum absolute atomic E-state index is 0.109. The van der Waals surface area contributed by atoms with Gasteiger partial charge >= 0.3 is 0 Å². The van der Waals surface area contributed by atoms with Crippen molar-refractivity contribution in [3.05, 3.63) is 30.5 Å². The Hall–Kier alpha value is -2.30. The van der Waals surface area contributed by atoms with Gasteiger partial charge in [-0.05, 0) is 30.7 Å². The number of pyridine rings is 1. The second-order valence-electron chi connectivity index (χ2n) is 4.79. The summed E-state index contributed by atoms with van der Waals surface area (Å²) in [5, 5.41) is 0.895. The molecular formula is C15H19N3O2. The van der Waals surface area contributed by atoms with Crippen molar-refractivity contribution in [2.75, 3.05) is 26.4 Å². The predicted molar refractivity (Wildman–Crippen MR) is 79.6 cm³/mol. The number of fused-ring (bicyclic) bond motifs is 1. The van der Waals surface area contributed by atoms with Crippen LogP contribution in [0.3, 0.4) is 0 Å². The molecule has 0 aliphatic rings. The third kappa shape index (κ3) is 3.17. The zero-order chi connectivity index (χ0) is 14.5. The molecule has 0 aliphatic carbocycles. The number of hydrogen-bond acceptors (Lipinski definition) is 4. The van der Waals surface area contributed by atoms with E-state index in [0.717, 1.165) is 16.7 Å². The number of hydrogen-bond donors (Lipinski definition) is 1. The smallest absolute Gasteiger partial charge is 0.222 e. The Kier molecular flexibility index (Phi) is 4.40. The number of nitrogens with zero attached hydrogens (tertiary/aromatic N) is 2. The normalized spacial score (nSPS) is 10.5. The largest absolute Gasteiger partial charge is 0.493 e. The average molecular weight is 273 g/mol. The number of nitrogens with two attached hydrogens (primary N) is 1. The molecule has 0 aliphatic heterocycles. The molecule has 0 atom stereocenters. The summed E-state index contributed by atoms with van der Waals surface area (Å²) >= 11 is 0. The number of aromatic nitrogens is 1. The van der Waals surface area contributed by atoms with Gasteiger partial charge in [0.1, 0.15) is 5.75 Å². The standard InChI is InChI=1S/C15H19N3O2/c1-18(2)14(19)6-4-10-20-13-8-7-12(16)15-11(13)5-3-9-17-15/h3,5,7-9H,4,6,10,16H2,1-2H3. The molecule has 2 N–H and O–H groups in total. The van der Waals surface area contributed by atoms with E-state index in [0.29, 0.717) is 25.1 Å². The summed E-state index contributed by atoms with van der Waals surface area (Å²) in [7, 11) is 3.50. The molecule has 1 aromatic heterocycles. The Balaban J connectivity index is 2.00. The van der Waals surface area contributed by atoms with Crippen molar-refractivity contribution < 1.29 is 9.53 Å². The molecule has 0 saturated heterocycles.